The topological polar surface area (TPSA) is 61.9 Å². The van der Waals surface area contributed by atoms with E-state index in [-0.39, 0.29) is 11.8 Å². The van der Waals surface area contributed by atoms with Crippen molar-refractivity contribution >= 4 is 17.4 Å². The highest BCUT2D eigenvalue weighted by Crippen LogP contribution is 2.32. The van der Waals surface area contributed by atoms with Gasteiger partial charge >= 0.3 is 0 Å². The van der Waals surface area contributed by atoms with Crippen molar-refractivity contribution in [3.63, 3.8) is 0 Å². The number of morpholine rings is 1. The zero-order valence-electron chi connectivity index (χ0n) is 26.2. The van der Waals surface area contributed by atoms with Crippen molar-refractivity contribution in [1.82, 2.24) is 15.1 Å². The van der Waals surface area contributed by atoms with Crippen molar-refractivity contribution in [3.8, 4) is 0 Å². The van der Waals surface area contributed by atoms with Crippen molar-refractivity contribution in [1.29, 1.82) is 0 Å². The molecule has 6 heteroatoms. The first kappa shape index (κ1) is 33.9. The number of hydrogen-bond acceptors (Lipinski definition) is 4. The van der Waals surface area contributed by atoms with Crippen LogP contribution in [-0.2, 0) is 9.53 Å². The van der Waals surface area contributed by atoms with Crippen molar-refractivity contribution in [2.24, 2.45) is 5.92 Å². The maximum absolute atomic E-state index is 11.9. The SMILES string of the molecule is CC.CC(=O)N1CCOCC1.CCC(C)/C(C)=C1\C=C(C)C=CN1/C(C)=C(\C)c1ccc(C(=O)NC)cc1C. The molecule has 0 saturated carbocycles. The van der Waals surface area contributed by atoms with Gasteiger partial charge in [0.2, 0.25) is 5.91 Å². The van der Waals surface area contributed by atoms with Gasteiger partial charge in [0, 0.05) is 50.2 Å². The third-order valence-corrected chi connectivity index (χ3v) is 7.35. The predicted molar refractivity (Wildman–Crippen MR) is 164 cm³/mol. The molecular weight excluding hydrogens is 486 g/mol. The van der Waals surface area contributed by atoms with Crippen molar-refractivity contribution in [2.45, 2.75) is 75.7 Å². The molecule has 0 aliphatic carbocycles. The molecule has 1 unspecified atom stereocenters. The van der Waals surface area contributed by atoms with Crippen LogP contribution in [0.1, 0.15) is 90.2 Å². The molecule has 0 spiro atoms. The van der Waals surface area contributed by atoms with Crippen LogP contribution in [0.5, 0.6) is 0 Å². The molecule has 1 atom stereocenters. The fraction of sp³-hybridized carbons (Fsp3) is 0.515. The van der Waals surface area contributed by atoms with E-state index in [1.807, 2.05) is 26.0 Å². The number of carbonyl (C=O) groups excluding carboxylic acids is 2. The summed E-state index contributed by atoms with van der Waals surface area (Å²) in [5.74, 6) is 0.634. The second kappa shape index (κ2) is 16.8. The van der Waals surface area contributed by atoms with Crippen LogP contribution >= 0.6 is 0 Å². The molecule has 6 nitrogen and oxygen atoms in total. The average molecular weight is 538 g/mol. The number of ether oxygens (including phenoxy) is 1. The molecule has 2 aliphatic heterocycles. The van der Waals surface area contributed by atoms with Gasteiger partial charge in [-0.05, 0) is 99.1 Å². The summed E-state index contributed by atoms with van der Waals surface area (Å²) in [5.41, 5.74) is 9.34. The lowest BCUT2D eigenvalue weighted by atomic mass is 9.94. The Labute approximate surface area is 237 Å². The molecule has 3 rings (SSSR count). The summed E-state index contributed by atoms with van der Waals surface area (Å²) < 4.78 is 5.06. The Morgan fingerprint density at radius 3 is 2.15 bits per heavy atom. The minimum atomic E-state index is -0.0537. The Hall–Kier alpha value is -3.12. The van der Waals surface area contributed by atoms with Gasteiger partial charge in [-0.25, -0.2) is 0 Å². The van der Waals surface area contributed by atoms with Crippen LogP contribution in [0.25, 0.3) is 5.57 Å². The van der Waals surface area contributed by atoms with Crippen LogP contribution in [0.3, 0.4) is 0 Å². The van der Waals surface area contributed by atoms with E-state index in [9.17, 15) is 9.59 Å². The van der Waals surface area contributed by atoms with E-state index in [1.54, 1.807) is 18.9 Å². The van der Waals surface area contributed by atoms with Gasteiger partial charge in [0.05, 0.1) is 13.2 Å². The van der Waals surface area contributed by atoms with Crippen molar-refractivity contribution in [3.05, 3.63) is 75.8 Å². The minimum Gasteiger partial charge on any atom is -0.378 e. The Morgan fingerprint density at radius 2 is 1.67 bits per heavy atom. The average Bonchev–Trinajstić information content (AvgIpc) is 2.96. The van der Waals surface area contributed by atoms with Crippen LogP contribution in [0.4, 0.5) is 0 Å². The Kier molecular flexibility index (Phi) is 14.6. The number of carbonyl (C=O) groups is 2. The first-order chi connectivity index (χ1) is 18.5. The molecule has 0 bridgehead atoms. The molecule has 39 heavy (non-hydrogen) atoms. The van der Waals surface area contributed by atoms with E-state index in [0.29, 0.717) is 24.7 Å². The van der Waals surface area contributed by atoms with E-state index in [4.69, 9.17) is 4.74 Å². The Morgan fingerprint density at radius 1 is 1.05 bits per heavy atom. The number of rotatable bonds is 5. The molecule has 0 radical (unpaired) electrons. The summed E-state index contributed by atoms with van der Waals surface area (Å²) in [6.45, 7) is 23.8. The highest BCUT2D eigenvalue weighted by atomic mass is 16.5. The van der Waals surface area contributed by atoms with Gasteiger partial charge in [-0.3, -0.25) is 9.59 Å². The lowest BCUT2D eigenvalue weighted by molar-refractivity contribution is -0.132. The predicted octanol–water partition coefficient (Wildman–Crippen LogP) is 7.09. The summed E-state index contributed by atoms with van der Waals surface area (Å²) in [6, 6.07) is 5.91. The van der Waals surface area contributed by atoms with Crippen molar-refractivity contribution < 1.29 is 14.3 Å². The largest absolute Gasteiger partial charge is 0.378 e. The van der Waals surface area contributed by atoms with Gasteiger partial charge in [-0.2, -0.15) is 0 Å². The zero-order valence-corrected chi connectivity index (χ0v) is 26.2. The summed E-state index contributed by atoms with van der Waals surface area (Å²) in [7, 11) is 1.66. The molecule has 1 aromatic rings. The zero-order chi connectivity index (χ0) is 29.7. The summed E-state index contributed by atoms with van der Waals surface area (Å²) in [6.07, 6.45) is 7.73. The molecule has 0 aromatic heterocycles. The molecule has 1 saturated heterocycles. The maximum atomic E-state index is 11.9. The lowest BCUT2D eigenvalue weighted by Crippen LogP contribution is -2.39. The Bertz CT molecular complexity index is 1110. The summed E-state index contributed by atoms with van der Waals surface area (Å²) in [4.78, 5) is 26.7. The first-order valence-corrected chi connectivity index (χ1v) is 14.2. The molecule has 216 valence electrons. The van der Waals surface area contributed by atoms with E-state index in [1.165, 1.54) is 33.7 Å². The Balaban J connectivity index is 0.000000578. The number of aryl methyl sites for hydroxylation is 1. The fourth-order valence-electron chi connectivity index (χ4n) is 4.38. The van der Waals surface area contributed by atoms with Crippen LogP contribution in [0, 0.1) is 12.8 Å². The standard InChI is InChI=1S/C25H34N2O.C6H11NO2.C2H6/c1-9-17(3)19(5)24-14-16(2)12-13-27(24)21(7)20(6)23-11-10-22(15-18(23)4)25(28)26-8;1-6(8)7-2-4-9-5-3-7;1-2/h10-15,17H,9H2,1-8H3,(H,26,28);2-5H2,1H3;1-2H3/b21-20+,24-19+;;. The van der Waals surface area contributed by atoms with E-state index < -0.39 is 0 Å². The third kappa shape index (κ3) is 9.54. The molecule has 1 fully saturated rings. The monoisotopic (exact) mass is 537 g/mol. The number of amides is 2. The second-order valence-electron chi connectivity index (χ2n) is 9.89. The highest BCUT2D eigenvalue weighted by Gasteiger charge is 2.19. The van der Waals surface area contributed by atoms with E-state index in [0.717, 1.165) is 25.1 Å². The van der Waals surface area contributed by atoms with Crippen LogP contribution in [0.15, 0.2) is 59.1 Å². The van der Waals surface area contributed by atoms with Gasteiger partial charge in [0.15, 0.2) is 0 Å². The third-order valence-electron chi connectivity index (χ3n) is 7.35. The number of hydrogen-bond donors (Lipinski definition) is 1. The smallest absolute Gasteiger partial charge is 0.251 e. The first-order valence-electron chi connectivity index (χ1n) is 14.2. The quantitative estimate of drug-likeness (QED) is 0.435. The molecule has 1 aromatic carbocycles. The van der Waals surface area contributed by atoms with Crippen LogP contribution < -0.4 is 5.32 Å². The van der Waals surface area contributed by atoms with Crippen LogP contribution in [0.2, 0.25) is 0 Å². The minimum absolute atomic E-state index is 0.0537. The van der Waals surface area contributed by atoms with E-state index in [2.05, 4.69) is 83.1 Å². The molecule has 2 heterocycles. The lowest BCUT2D eigenvalue weighted by Gasteiger charge is -2.31. The van der Waals surface area contributed by atoms with E-state index >= 15 is 0 Å². The normalized spacial score (nSPS) is 17.5. The van der Waals surface area contributed by atoms with Gasteiger partial charge in [0.25, 0.3) is 5.91 Å². The number of nitrogens with one attached hydrogen (secondary N) is 1. The molecular formula is C33H51N3O3. The number of nitrogens with zero attached hydrogens (tertiary/aromatic N) is 2. The van der Waals surface area contributed by atoms with Gasteiger partial charge in [-0.1, -0.05) is 33.8 Å². The molecule has 2 amide bonds. The number of allylic oxidation sites excluding steroid dienone is 6. The second-order valence-corrected chi connectivity index (χ2v) is 9.89. The van der Waals surface area contributed by atoms with Gasteiger partial charge < -0.3 is 19.9 Å². The summed E-state index contributed by atoms with van der Waals surface area (Å²) >= 11 is 0. The van der Waals surface area contributed by atoms with Gasteiger partial charge in [0.1, 0.15) is 0 Å². The number of benzene rings is 1. The van der Waals surface area contributed by atoms with Crippen molar-refractivity contribution in [2.75, 3.05) is 33.4 Å². The molecule has 1 N–H and O–H groups in total. The van der Waals surface area contributed by atoms with Crippen LogP contribution in [-0.4, -0.2) is 55.0 Å². The summed E-state index contributed by atoms with van der Waals surface area (Å²) in [5, 5.41) is 2.69. The maximum Gasteiger partial charge on any atom is 0.251 e. The van der Waals surface area contributed by atoms with Gasteiger partial charge in [-0.15, -0.1) is 0 Å². The fourth-order valence-corrected chi connectivity index (χ4v) is 4.38. The highest BCUT2D eigenvalue weighted by molar-refractivity contribution is 5.94. The molecule has 2 aliphatic rings.